The lowest BCUT2D eigenvalue weighted by Crippen LogP contribution is -2.53. The minimum atomic E-state index is -0.500. The Morgan fingerprint density at radius 3 is 2.58 bits per heavy atom. The molecule has 2 N–H and O–H groups in total. The van der Waals surface area contributed by atoms with Gasteiger partial charge in [0.15, 0.2) is 5.65 Å². The van der Waals surface area contributed by atoms with Gasteiger partial charge >= 0.3 is 0 Å². The Morgan fingerprint density at radius 1 is 1.28 bits per heavy atom. The molecule has 0 spiro atoms. The first-order valence-electron chi connectivity index (χ1n) is 12.3. The topological polar surface area (TPSA) is 101 Å². The zero-order chi connectivity index (χ0) is 26.6. The third-order valence-electron chi connectivity index (χ3n) is 6.57. The molecule has 0 aromatic carbocycles. The smallest absolute Gasteiger partial charge is 0.254 e. The second-order valence-corrected chi connectivity index (χ2v) is 11.8. The monoisotopic (exact) mass is 510 g/mol. The number of rotatable bonds is 5. The highest BCUT2D eigenvalue weighted by molar-refractivity contribution is 6.37. The number of fused-ring (bicyclic) bond motifs is 1. The lowest BCUT2D eigenvalue weighted by Gasteiger charge is -2.41. The van der Waals surface area contributed by atoms with Crippen molar-refractivity contribution in [3.05, 3.63) is 40.2 Å². The Morgan fingerprint density at radius 2 is 1.97 bits per heavy atom. The number of nitrogens with zero attached hydrogens (tertiary/aromatic N) is 4. The summed E-state index contributed by atoms with van der Waals surface area (Å²) < 4.78 is 1.80. The van der Waals surface area contributed by atoms with Crippen LogP contribution in [0.3, 0.4) is 0 Å². The van der Waals surface area contributed by atoms with Crippen LogP contribution in [0.2, 0.25) is 5.02 Å². The molecule has 9 heteroatoms. The summed E-state index contributed by atoms with van der Waals surface area (Å²) >= 11 is 6.97. The van der Waals surface area contributed by atoms with Crippen molar-refractivity contribution in [1.82, 2.24) is 25.4 Å². The number of dihydropyridines is 1. The molecule has 2 aliphatic heterocycles. The third-order valence-corrected chi connectivity index (χ3v) is 6.94. The fraction of sp³-hybridized carbons (Fsp3) is 0.519. The van der Waals surface area contributed by atoms with Crippen molar-refractivity contribution in [2.24, 2.45) is 10.9 Å². The maximum atomic E-state index is 13.6. The standard InChI is InChI=1S/C27H35ClN6O2/c1-14(2)34-23-19(13-30-34)20(25(36)29-12-18-15(3)9-16(4)31-24(18)35)21(28)22(32-23)17-10-26(5,6)33-27(7,8)11-17/h9-10,13-14,18,33H,11-12H2,1-8H3,(H,29,36). The van der Waals surface area contributed by atoms with Crippen LogP contribution in [0.1, 0.15) is 83.9 Å². The molecule has 36 heavy (non-hydrogen) atoms. The second-order valence-electron chi connectivity index (χ2n) is 11.4. The van der Waals surface area contributed by atoms with Crippen LogP contribution in [0.15, 0.2) is 28.9 Å². The van der Waals surface area contributed by atoms with Crippen molar-refractivity contribution in [3.8, 4) is 0 Å². The minimum Gasteiger partial charge on any atom is -0.351 e. The summed E-state index contributed by atoms with van der Waals surface area (Å²) in [5.41, 5.74) is 3.58. The molecule has 8 nitrogen and oxygen atoms in total. The first kappa shape index (κ1) is 26.2. The fourth-order valence-electron chi connectivity index (χ4n) is 5.36. The Balaban J connectivity index is 1.79. The number of allylic oxidation sites excluding steroid dienone is 1. The van der Waals surface area contributed by atoms with E-state index in [4.69, 9.17) is 16.6 Å². The summed E-state index contributed by atoms with van der Waals surface area (Å²) in [5.74, 6) is -1.12. The number of carbonyl (C=O) groups is 2. The van der Waals surface area contributed by atoms with Gasteiger partial charge < -0.3 is 10.6 Å². The van der Waals surface area contributed by atoms with Gasteiger partial charge in [-0.1, -0.05) is 23.3 Å². The first-order chi connectivity index (χ1) is 16.7. The van der Waals surface area contributed by atoms with E-state index >= 15 is 0 Å². The van der Waals surface area contributed by atoms with Crippen molar-refractivity contribution in [1.29, 1.82) is 0 Å². The van der Waals surface area contributed by atoms with E-state index in [-0.39, 0.29) is 35.5 Å². The summed E-state index contributed by atoms with van der Waals surface area (Å²) in [4.78, 5) is 35.1. The van der Waals surface area contributed by atoms with Crippen molar-refractivity contribution in [3.63, 3.8) is 0 Å². The molecular formula is C27H35ClN6O2. The Kier molecular flexibility index (Phi) is 6.73. The average Bonchev–Trinajstić information content (AvgIpc) is 3.13. The van der Waals surface area contributed by atoms with E-state index < -0.39 is 5.92 Å². The van der Waals surface area contributed by atoms with E-state index in [1.165, 1.54) is 0 Å². The number of aliphatic imine (C=N–C) groups is 1. The third kappa shape index (κ3) is 5.02. The van der Waals surface area contributed by atoms with Crippen LogP contribution >= 0.6 is 11.6 Å². The van der Waals surface area contributed by atoms with Gasteiger partial charge in [0.2, 0.25) is 0 Å². The molecule has 0 fully saturated rings. The molecule has 1 unspecified atom stereocenters. The summed E-state index contributed by atoms with van der Waals surface area (Å²) in [6, 6.07) is 0.0450. The molecule has 0 aliphatic carbocycles. The first-order valence-corrected chi connectivity index (χ1v) is 12.7. The largest absolute Gasteiger partial charge is 0.351 e. The highest BCUT2D eigenvalue weighted by Crippen LogP contribution is 2.39. The normalized spacial score (nSPS) is 21.3. The zero-order valence-corrected chi connectivity index (χ0v) is 23.0. The maximum Gasteiger partial charge on any atom is 0.254 e. The summed E-state index contributed by atoms with van der Waals surface area (Å²) in [5, 5.41) is 11.9. The number of aromatic nitrogens is 3. The van der Waals surface area contributed by atoms with E-state index in [0.717, 1.165) is 11.1 Å². The average molecular weight is 511 g/mol. The molecular weight excluding hydrogens is 476 g/mol. The summed E-state index contributed by atoms with van der Waals surface area (Å²) in [6.07, 6.45) is 6.34. The molecule has 2 amide bonds. The van der Waals surface area contributed by atoms with Gasteiger partial charge in [-0.25, -0.2) is 14.7 Å². The molecule has 4 rings (SSSR count). The molecule has 2 aromatic heterocycles. The Hall–Kier alpha value is -2.84. The highest BCUT2D eigenvalue weighted by atomic mass is 35.5. The number of amides is 2. The van der Waals surface area contributed by atoms with Gasteiger partial charge in [0.25, 0.3) is 11.8 Å². The molecule has 0 radical (unpaired) electrons. The number of halogens is 1. The van der Waals surface area contributed by atoms with Crippen LogP contribution in [0.4, 0.5) is 0 Å². The molecule has 2 aliphatic rings. The molecule has 0 saturated heterocycles. The lowest BCUT2D eigenvalue weighted by atomic mass is 9.82. The minimum absolute atomic E-state index is 0.0450. The van der Waals surface area contributed by atoms with Crippen LogP contribution in [0.5, 0.6) is 0 Å². The second kappa shape index (κ2) is 9.23. The van der Waals surface area contributed by atoms with Crippen LogP contribution < -0.4 is 10.6 Å². The molecule has 4 heterocycles. The zero-order valence-electron chi connectivity index (χ0n) is 22.3. The van der Waals surface area contributed by atoms with Gasteiger partial charge in [0.1, 0.15) is 0 Å². The van der Waals surface area contributed by atoms with Crippen LogP contribution in [-0.2, 0) is 4.79 Å². The van der Waals surface area contributed by atoms with Gasteiger partial charge in [-0.15, -0.1) is 0 Å². The van der Waals surface area contributed by atoms with E-state index in [2.05, 4.69) is 54.5 Å². The van der Waals surface area contributed by atoms with Crippen molar-refractivity contribution >= 4 is 45.7 Å². The number of hydrogen-bond donors (Lipinski definition) is 2. The molecule has 0 bridgehead atoms. The van der Waals surface area contributed by atoms with E-state index in [1.807, 2.05) is 26.8 Å². The lowest BCUT2D eigenvalue weighted by molar-refractivity contribution is -0.120. The summed E-state index contributed by atoms with van der Waals surface area (Å²) in [6.45, 7) is 16.3. The SMILES string of the molecule is CC1=CC(C)=NC(=O)C1CNC(=O)c1c(Cl)c(C2=CC(C)(C)NC(C)(C)C2)nc2c1cnn2C(C)C. The molecule has 2 aromatic rings. The van der Waals surface area contributed by atoms with Gasteiger partial charge in [-0.05, 0) is 73.5 Å². The van der Waals surface area contributed by atoms with Gasteiger partial charge in [-0.2, -0.15) is 5.10 Å². The maximum absolute atomic E-state index is 13.6. The van der Waals surface area contributed by atoms with E-state index in [9.17, 15) is 9.59 Å². The van der Waals surface area contributed by atoms with Crippen LogP contribution in [-0.4, -0.2) is 49.9 Å². The van der Waals surface area contributed by atoms with Gasteiger partial charge in [0, 0.05) is 29.4 Å². The highest BCUT2D eigenvalue weighted by Gasteiger charge is 2.35. The molecule has 192 valence electrons. The van der Waals surface area contributed by atoms with E-state index in [1.54, 1.807) is 17.8 Å². The quantitative estimate of drug-likeness (QED) is 0.596. The van der Waals surface area contributed by atoms with Crippen molar-refractivity contribution in [2.75, 3.05) is 6.54 Å². The number of carbonyl (C=O) groups excluding carboxylic acids is 2. The predicted molar refractivity (Wildman–Crippen MR) is 145 cm³/mol. The number of nitrogens with one attached hydrogen (secondary N) is 2. The van der Waals surface area contributed by atoms with Gasteiger partial charge in [0.05, 0.1) is 33.8 Å². The predicted octanol–water partition coefficient (Wildman–Crippen LogP) is 4.89. The van der Waals surface area contributed by atoms with Crippen LogP contribution in [0, 0.1) is 5.92 Å². The number of pyridine rings is 1. The molecule has 0 saturated carbocycles. The van der Waals surface area contributed by atoms with Crippen molar-refractivity contribution < 1.29 is 9.59 Å². The van der Waals surface area contributed by atoms with Crippen molar-refractivity contribution in [2.45, 2.75) is 78.9 Å². The fourth-order valence-corrected chi connectivity index (χ4v) is 5.71. The van der Waals surface area contributed by atoms with Gasteiger partial charge in [-0.3, -0.25) is 9.59 Å². The Bertz CT molecular complexity index is 1350. The van der Waals surface area contributed by atoms with Crippen LogP contribution in [0.25, 0.3) is 16.6 Å². The molecule has 1 atom stereocenters. The summed E-state index contributed by atoms with van der Waals surface area (Å²) in [7, 11) is 0. The number of hydrogen-bond acceptors (Lipinski definition) is 5. The van der Waals surface area contributed by atoms with E-state index in [0.29, 0.717) is 39.4 Å². The Labute approximate surface area is 217 Å².